The van der Waals surface area contributed by atoms with Gasteiger partial charge in [-0.25, -0.2) is 4.98 Å². The van der Waals surface area contributed by atoms with Crippen molar-refractivity contribution in [1.29, 1.82) is 0 Å². The number of likely N-dealkylation sites (N-methyl/N-ethyl adjacent to an activating group) is 3. The molecule has 6 aromatic rings. The van der Waals surface area contributed by atoms with E-state index >= 15 is 38.4 Å². The summed E-state index contributed by atoms with van der Waals surface area (Å²) in [5, 5.41) is 62.1. The van der Waals surface area contributed by atoms with Gasteiger partial charge in [-0.3, -0.25) is 91.3 Å². The third-order valence-corrected chi connectivity index (χ3v) is 25.4. The molecule has 0 spiro atoms. The van der Waals surface area contributed by atoms with Crippen molar-refractivity contribution in [3.05, 3.63) is 120 Å². The van der Waals surface area contributed by atoms with Gasteiger partial charge in [0.25, 0.3) is 5.91 Å². The number of thioether (sulfide) groups is 1. The summed E-state index contributed by atoms with van der Waals surface area (Å²) in [4.78, 5) is 280. The first-order chi connectivity index (χ1) is 65.6. The van der Waals surface area contributed by atoms with Crippen LogP contribution < -0.4 is 75.7 Å². The Balaban J connectivity index is 1.11. The van der Waals surface area contributed by atoms with E-state index in [2.05, 4.69) is 73.4 Å². The van der Waals surface area contributed by atoms with E-state index in [9.17, 15) is 63.3 Å². The standard InChI is InChI=1S/C93H129N23O21S/c1-11-13-23-70-85(129)103-61(34-50(3)4)82(126)109-68(81(125)101-43-75(95)120)48-138-49-77(121)102-64(36-53-27-29-56(117)30-28-53)89(133)111(8)52(7)80(124)105-66(40-74(94)119)91(135)115-33-19-26-71(115)86(130)108-67(42-100-76-44-97-31-32-98-76)84(128)106-63(35-51(5)6)92(136)116-46-57(118)39-73(116)87(131)104-62(37-54-41-99-60-22-17-15-20-58(54)60)83(127)110-79(96)88(132)107-65(90(134)113(10)72(24-14-12-2)93(137)112(70)9)38-55-45-114(47-78(122)123)69-25-18-16-21-59(55)69/h15-18,20-22,25,27-32,41,44-45,50-52,57,61-68,70-73,79,99,117-118H,11-14,19,23-24,26,33-40,42-43,46-49,96H2,1-10H3,(H2,94,119)(H2,95,120)(H,98,100)(H,101,125)(H,102,121)(H,103,129)(H,104,131)(H,105,124)(H,106,128)(H,107,132)(H,108,130)(H,109,126)(H,110,127)(H,122,123)/t52-,57+,61-,62-,63-,64-,65-,66-,67-,68-,70-,71?,72-,73?,79?/m0/s1. The lowest BCUT2D eigenvalue weighted by Gasteiger charge is -2.36. The molecule has 0 saturated carbocycles. The molecular formula is C93H129N23O21S. The number of aliphatic carboxylic acids is 1. The Morgan fingerprint density at radius 3 is 1.82 bits per heavy atom. The number of rotatable bonds is 26. The smallest absolute Gasteiger partial charge is 0.323 e. The number of nitrogens with two attached hydrogens (primary N) is 3. The highest BCUT2D eigenvalue weighted by atomic mass is 32.2. The predicted molar refractivity (Wildman–Crippen MR) is 507 cm³/mol. The molecule has 44 nitrogen and oxygen atoms in total. The SMILES string of the molecule is CCCC[C@H]1C(=O)N(C)[C@@H](CCCC)C(=O)N[C@@H](CC(C)C)C(=O)N[C@H](C(=O)NCC(N)=O)CSCC(=O)N[C@@H](Cc2ccc(O)cc2)C(=O)N(C)[C@@H](C)C(=O)N[C@@H](CC(N)=O)C(=O)N2CCCC2C(=O)N[C@@H](CNc2cnccn2)C(=O)N[C@@H](CC(C)C)C(=O)N2C[C@H](O)CC2C(=O)N[C@@H](Cc2c[nH]c3ccccc23)C(=O)NC(N)C(=O)N[C@@H](Cc2cn(CC(=O)O)c3ccccc23)C(=O)N1C. The number of anilines is 1. The Bertz CT molecular complexity index is 5370. The number of aromatic nitrogens is 4. The van der Waals surface area contributed by atoms with E-state index < -0.39 is 260 Å². The van der Waals surface area contributed by atoms with Crippen LogP contribution in [0.25, 0.3) is 21.8 Å². The van der Waals surface area contributed by atoms with Gasteiger partial charge >= 0.3 is 5.97 Å². The highest BCUT2D eigenvalue weighted by Crippen LogP contribution is 2.29. The van der Waals surface area contributed by atoms with E-state index in [1.807, 2.05) is 13.8 Å². The highest BCUT2D eigenvalue weighted by molar-refractivity contribution is 8.00. The maximum Gasteiger partial charge on any atom is 0.323 e. The number of amides is 17. The Kier molecular flexibility index (Phi) is 39.7. The van der Waals surface area contributed by atoms with Crippen molar-refractivity contribution >= 4 is 146 Å². The van der Waals surface area contributed by atoms with Crippen LogP contribution in [0.4, 0.5) is 5.82 Å². The molecular weight excluding hydrogens is 1810 g/mol. The lowest BCUT2D eigenvalue weighted by molar-refractivity contribution is -0.149. The molecule has 45 heteroatoms. The van der Waals surface area contributed by atoms with Gasteiger partial charge in [0, 0.05) is 119 Å². The summed E-state index contributed by atoms with van der Waals surface area (Å²) in [7, 11) is 3.88. The first-order valence-corrected chi connectivity index (χ1v) is 47.3. The van der Waals surface area contributed by atoms with Crippen LogP contribution in [0.2, 0.25) is 0 Å². The van der Waals surface area contributed by atoms with E-state index in [1.54, 1.807) is 82.4 Å². The molecule has 9 rings (SSSR count). The molecule has 3 unspecified atom stereocenters. The van der Waals surface area contributed by atoms with Crippen molar-refractivity contribution in [2.24, 2.45) is 29.0 Å². The van der Waals surface area contributed by atoms with Gasteiger partial charge in [-0.1, -0.05) is 116 Å². The molecule has 3 fully saturated rings. The van der Waals surface area contributed by atoms with Crippen LogP contribution in [0.15, 0.2) is 104 Å². The number of nitrogens with zero attached hydrogens (tertiary/aromatic N) is 8. The third kappa shape index (κ3) is 29.8. The van der Waals surface area contributed by atoms with Crippen molar-refractivity contribution in [3.8, 4) is 5.75 Å². The molecule has 0 bridgehead atoms. The average molecular weight is 1940 g/mol. The number of benzene rings is 3. The van der Waals surface area contributed by atoms with Crippen LogP contribution in [0.5, 0.6) is 5.75 Å². The average Bonchev–Trinajstić information content (AvgIpc) is 1.64. The second-order valence-electron chi connectivity index (χ2n) is 35.9. The van der Waals surface area contributed by atoms with E-state index in [4.69, 9.17) is 17.2 Å². The largest absolute Gasteiger partial charge is 0.508 e. The van der Waals surface area contributed by atoms with Gasteiger partial charge in [0.1, 0.15) is 96.7 Å². The normalized spacial score (nSPS) is 24.5. The minimum atomic E-state index is -2.07. The van der Waals surface area contributed by atoms with Crippen LogP contribution in [-0.4, -0.2) is 315 Å². The Morgan fingerprint density at radius 1 is 0.580 bits per heavy atom. The Morgan fingerprint density at radius 2 is 1.16 bits per heavy atom. The second-order valence-corrected chi connectivity index (χ2v) is 36.9. The molecule has 3 aliphatic heterocycles. The molecule has 3 aliphatic rings. The number of hydrogen-bond acceptors (Lipinski definition) is 25. The number of aromatic hydroxyl groups is 1. The zero-order chi connectivity index (χ0) is 101. The van der Waals surface area contributed by atoms with Gasteiger partial charge < -0.3 is 125 Å². The van der Waals surface area contributed by atoms with Crippen molar-refractivity contribution < 1.29 is 102 Å². The zero-order valence-electron chi connectivity index (χ0n) is 79.1. The number of phenols is 1. The minimum absolute atomic E-state index is 0.00584. The summed E-state index contributed by atoms with van der Waals surface area (Å²) in [6, 6.07) is -0.983. The monoisotopic (exact) mass is 1940 g/mol. The molecule has 748 valence electrons. The van der Waals surface area contributed by atoms with Gasteiger partial charge in [-0.15, -0.1) is 11.8 Å². The number of carbonyl (C=O) groups is 18. The summed E-state index contributed by atoms with van der Waals surface area (Å²) in [5.41, 5.74) is 20.1. The fraction of sp³-hybridized carbons (Fsp3) is 0.527. The molecule has 0 radical (unpaired) electrons. The Hall–Kier alpha value is -13.9. The van der Waals surface area contributed by atoms with Crippen molar-refractivity contribution in [2.45, 2.75) is 242 Å². The molecule has 21 N–H and O–H groups in total. The molecule has 138 heavy (non-hydrogen) atoms. The van der Waals surface area contributed by atoms with Crippen LogP contribution >= 0.6 is 11.8 Å². The Labute approximate surface area is 802 Å². The minimum Gasteiger partial charge on any atom is -0.508 e. The van der Waals surface area contributed by atoms with Gasteiger partial charge in [0.15, 0.2) is 6.17 Å². The number of aliphatic hydroxyl groups excluding tert-OH is 1. The number of hydrogen-bond donors (Lipinski definition) is 18. The number of phenolic OH excluding ortho intramolecular Hbond substituents is 1. The first-order valence-electron chi connectivity index (χ1n) is 46.2. The predicted octanol–water partition coefficient (Wildman–Crippen LogP) is -1.73. The number of carboxylic acid groups (broad SMARTS) is 1. The number of carbonyl (C=O) groups excluding carboxylic acids is 17. The quantitative estimate of drug-likeness (QED) is 0.0287. The van der Waals surface area contributed by atoms with Gasteiger partial charge in [-0.2, -0.15) is 0 Å². The van der Waals surface area contributed by atoms with Gasteiger partial charge in [-0.05, 0) is 98.2 Å². The van der Waals surface area contributed by atoms with Crippen LogP contribution in [-0.2, 0) is 112 Å². The first kappa shape index (κ1) is 108. The molecule has 3 aromatic heterocycles. The molecule has 6 heterocycles. The number of unbranched alkanes of at least 4 members (excludes halogenated alkanes) is 2. The van der Waals surface area contributed by atoms with Crippen molar-refractivity contribution in [1.82, 2.24) is 97.2 Å². The highest BCUT2D eigenvalue weighted by Gasteiger charge is 2.47. The fourth-order valence-corrected chi connectivity index (χ4v) is 17.8. The number of H-pyrrole nitrogens is 1. The molecule has 3 saturated heterocycles. The summed E-state index contributed by atoms with van der Waals surface area (Å²) < 4.78 is 1.42. The van der Waals surface area contributed by atoms with Gasteiger partial charge in [0.05, 0.1) is 31.0 Å². The second kappa shape index (κ2) is 50.8. The van der Waals surface area contributed by atoms with E-state index in [-0.39, 0.29) is 75.4 Å². The van der Waals surface area contributed by atoms with E-state index in [0.717, 1.165) is 36.3 Å². The topological polar surface area (TPSA) is 641 Å². The molecule has 3 aromatic carbocycles. The van der Waals surface area contributed by atoms with E-state index in [1.165, 1.54) is 81.7 Å². The van der Waals surface area contributed by atoms with Crippen molar-refractivity contribution in [2.75, 3.05) is 64.1 Å². The third-order valence-electron chi connectivity index (χ3n) is 24.4. The molecule has 15 atom stereocenters. The fourth-order valence-electron chi connectivity index (χ4n) is 17.0. The number of carboxylic acids is 1. The summed E-state index contributed by atoms with van der Waals surface area (Å²) in [6.07, 6.45) is 2.89. The number of fused-ring (bicyclic) bond motifs is 4. The van der Waals surface area contributed by atoms with Crippen LogP contribution in [0.1, 0.15) is 142 Å². The number of aliphatic hydroxyl groups is 1. The number of aromatic amines is 1. The van der Waals surface area contributed by atoms with Crippen molar-refractivity contribution in [3.63, 3.8) is 0 Å². The molecule has 17 amide bonds. The van der Waals surface area contributed by atoms with Crippen LogP contribution in [0, 0.1) is 11.8 Å². The summed E-state index contributed by atoms with van der Waals surface area (Å²) in [6.45, 7) is 9.58. The lowest BCUT2D eigenvalue weighted by Crippen LogP contribution is -2.63. The number of nitrogens with one attached hydrogen (secondary N) is 12. The zero-order valence-corrected chi connectivity index (χ0v) is 79.9. The maximum atomic E-state index is 15.8. The summed E-state index contributed by atoms with van der Waals surface area (Å²) >= 11 is 0.781. The van der Waals surface area contributed by atoms with E-state index in [0.29, 0.717) is 64.2 Å². The maximum absolute atomic E-state index is 15.8. The van der Waals surface area contributed by atoms with Gasteiger partial charge in [0.2, 0.25) is 94.5 Å². The summed E-state index contributed by atoms with van der Waals surface area (Å²) in [5.74, 6) is -19.2. The number of para-hydroxylation sites is 2. The lowest BCUT2D eigenvalue weighted by atomic mass is 9.99. The van der Waals surface area contributed by atoms with Crippen LogP contribution in [0.3, 0.4) is 0 Å². The number of primary amides is 2. The molecule has 0 aliphatic carbocycles.